The van der Waals surface area contributed by atoms with E-state index in [0.717, 1.165) is 37.8 Å². The number of amides is 3. The van der Waals surface area contributed by atoms with E-state index >= 15 is 0 Å². The van der Waals surface area contributed by atoms with Crippen LogP contribution in [-0.4, -0.2) is 54.1 Å². The van der Waals surface area contributed by atoms with Gasteiger partial charge in [-0.2, -0.15) is 0 Å². The van der Waals surface area contributed by atoms with Crippen molar-refractivity contribution in [3.05, 3.63) is 60.4 Å². The smallest absolute Gasteiger partial charge is 0.324 e. The van der Waals surface area contributed by atoms with Gasteiger partial charge in [0.25, 0.3) is 0 Å². The summed E-state index contributed by atoms with van der Waals surface area (Å²) in [6.07, 6.45) is 5.36. The summed E-state index contributed by atoms with van der Waals surface area (Å²) in [4.78, 5) is 44.0. The number of rotatable bonds is 6. The van der Waals surface area contributed by atoms with Crippen LogP contribution in [0.5, 0.6) is 0 Å². The molecule has 1 N–H and O–H groups in total. The average Bonchev–Trinajstić information content (AvgIpc) is 2.89. The van der Waals surface area contributed by atoms with E-state index in [4.69, 9.17) is 0 Å². The van der Waals surface area contributed by atoms with E-state index in [1.807, 2.05) is 35.2 Å². The summed E-state index contributed by atoms with van der Waals surface area (Å²) < 4.78 is 13.6. The van der Waals surface area contributed by atoms with Crippen molar-refractivity contribution in [1.29, 1.82) is 0 Å². The second kappa shape index (κ2) is 11.1. The number of urea groups is 1. The molecule has 3 amide bonds. The third-order valence-electron chi connectivity index (χ3n) is 7.66. The van der Waals surface area contributed by atoms with Gasteiger partial charge >= 0.3 is 12.0 Å². The summed E-state index contributed by atoms with van der Waals surface area (Å²) in [6.45, 7) is 0.430. The molecule has 0 spiro atoms. The number of hydrogen-bond acceptors (Lipinski definition) is 3. The fourth-order valence-corrected chi connectivity index (χ4v) is 5.46. The summed E-state index contributed by atoms with van der Waals surface area (Å²) in [5.74, 6) is -1.61. The number of aliphatic carboxylic acids is 1. The van der Waals surface area contributed by atoms with Crippen LogP contribution in [0.25, 0.3) is 0 Å². The third kappa shape index (κ3) is 5.53. The number of carboxylic acids is 1. The zero-order chi connectivity index (χ0) is 25.7. The molecule has 2 fully saturated rings. The van der Waals surface area contributed by atoms with E-state index in [0.29, 0.717) is 5.69 Å². The van der Waals surface area contributed by atoms with Gasteiger partial charge in [0.15, 0.2) is 0 Å². The Morgan fingerprint density at radius 1 is 0.972 bits per heavy atom. The maximum absolute atomic E-state index is 13.7. The molecule has 2 aromatic rings. The highest BCUT2D eigenvalue weighted by molar-refractivity contribution is 5.97. The van der Waals surface area contributed by atoms with Crippen molar-refractivity contribution < 1.29 is 23.9 Å². The lowest BCUT2D eigenvalue weighted by Gasteiger charge is -2.41. The van der Waals surface area contributed by atoms with Crippen LogP contribution in [0.2, 0.25) is 0 Å². The predicted molar refractivity (Wildman–Crippen MR) is 136 cm³/mol. The molecule has 2 aliphatic rings. The monoisotopic (exact) mass is 495 g/mol. The molecule has 1 aliphatic heterocycles. The number of likely N-dealkylation sites (tertiary alicyclic amines) is 1. The van der Waals surface area contributed by atoms with Crippen LogP contribution >= 0.6 is 0 Å². The topological polar surface area (TPSA) is 81.2 Å². The normalized spacial score (nSPS) is 17.9. The van der Waals surface area contributed by atoms with Gasteiger partial charge in [-0.25, -0.2) is 9.18 Å². The molecule has 0 aromatic heterocycles. The molecular weight excluding hydrogens is 461 g/mol. The Bertz CT molecular complexity index is 1080. The molecule has 0 radical (unpaired) electrons. The molecule has 0 bridgehead atoms. The largest absolute Gasteiger partial charge is 0.481 e. The van der Waals surface area contributed by atoms with Gasteiger partial charge in [-0.05, 0) is 56.0 Å². The van der Waals surface area contributed by atoms with Gasteiger partial charge in [-0.3, -0.25) is 14.5 Å². The zero-order valence-corrected chi connectivity index (χ0v) is 20.7. The first kappa shape index (κ1) is 25.7. The van der Waals surface area contributed by atoms with Crippen molar-refractivity contribution in [2.45, 2.75) is 57.4 Å². The Morgan fingerprint density at radius 3 is 2.22 bits per heavy atom. The first-order valence-corrected chi connectivity index (χ1v) is 12.7. The molecule has 1 aliphatic carbocycles. The highest BCUT2D eigenvalue weighted by Crippen LogP contribution is 2.38. The molecule has 4 rings (SSSR count). The van der Waals surface area contributed by atoms with Crippen LogP contribution in [0.1, 0.15) is 51.4 Å². The van der Waals surface area contributed by atoms with Crippen molar-refractivity contribution in [1.82, 2.24) is 4.90 Å². The molecular formula is C28H34FN3O4. The lowest BCUT2D eigenvalue weighted by Crippen LogP contribution is -2.52. The number of benzene rings is 2. The van der Waals surface area contributed by atoms with E-state index in [-0.39, 0.29) is 50.3 Å². The van der Waals surface area contributed by atoms with Crippen LogP contribution in [0, 0.1) is 11.2 Å². The number of nitrogens with zero attached hydrogens (tertiary/aromatic N) is 3. The summed E-state index contributed by atoms with van der Waals surface area (Å²) in [5.41, 5.74) is 0.00277. The Hall–Kier alpha value is -3.42. The van der Waals surface area contributed by atoms with Crippen molar-refractivity contribution in [2.75, 3.05) is 29.9 Å². The predicted octanol–water partition coefficient (Wildman–Crippen LogP) is 5.30. The summed E-state index contributed by atoms with van der Waals surface area (Å²) >= 11 is 0. The van der Waals surface area contributed by atoms with Crippen molar-refractivity contribution in [2.24, 2.45) is 5.41 Å². The number of halogens is 1. The first-order chi connectivity index (χ1) is 17.3. The minimum absolute atomic E-state index is 0.0704. The number of carboxylic acid groups (broad SMARTS) is 1. The standard InChI is InChI=1S/C28H34FN3O4/c1-30(24-14-8-9-21(29)19-24)27(36)31-17-15-28(16-18-31,26(34)35)20-25(33)32(22-10-4-2-5-11-22)23-12-6-3-7-13-23/h2,4-5,8-11,14,19,23H,3,6-7,12-13,15-18,20H2,1H3,(H,34,35). The minimum Gasteiger partial charge on any atom is -0.481 e. The summed E-state index contributed by atoms with van der Waals surface area (Å²) in [5, 5.41) is 10.2. The lowest BCUT2D eigenvalue weighted by molar-refractivity contribution is -0.154. The van der Waals surface area contributed by atoms with Gasteiger partial charge in [0.2, 0.25) is 5.91 Å². The van der Waals surface area contributed by atoms with Gasteiger partial charge in [-0.15, -0.1) is 0 Å². The maximum atomic E-state index is 13.7. The summed E-state index contributed by atoms with van der Waals surface area (Å²) in [6, 6.07) is 15.0. The third-order valence-corrected chi connectivity index (χ3v) is 7.66. The molecule has 1 saturated carbocycles. The number of anilines is 2. The fourth-order valence-electron chi connectivity index (χ4n) is 5.46. The molecule has 1 heterocycles. The van der Waals surface area contributed by atoms with E-state index in [2.05, 4.69) is 0 Å². The van der Waals surface area contributed by atoms with Gasteiger partial charge in [0.05, 0.1) is 5.41 Å². The second-order valence-corrected chi connectivity index (χ2v) is 9.96. The highest BCUT2D eigenvalue weighted by atomic mass is 19.1. The zero-order valence-electron chi connectivity index (χ0n) is 20.7. The van der Waals surface area contributed by atoms with Gasteiger partial charge < -0.3 is 14.9 Å². The van der Waals surface area contributed by atoms with Gasteiger partial charge in [-0.1, -0.05) is 43.5 Å². The van der Waals surface area contributed by atoms with Crippen LogP contribution in [0.15, 0.2) is 54.6 Å². The Kier molecular flexibility index (Phi) is 7.91. The quantitative estimate of drug-likeness (QED) is 0.589. The highest BCUT2D eigenvalue weighted by Gasteiger charge is 2.46. The Labute approximate surface area is 211 Å². The minimum atomic E-state index is -1.23. The number of hydrogen-bond donors (Lipinski definition) is 1. The fraction of sp³-hybridized carbons (Fsp3) is 0.464. The Morgan fingerprint density at radius 2 is 1.61 bits per heavy atom. The number of carbonyl (C=O) groups is 3. The van der Waals surface area contributed by atoms with Crippen LogP contribution in [0.4, 0.5) is 20.6 Å². The molecule has 192 valence electrons. The van der Waals surface area contributed by atoms with Crippen LogP contribution in [-0.2, 0) is 9.59 Å². The van der Waals surface area contributed by atoms with Crippen molar-refractivity contribution in [3.8, 4) is 0 Å². The average molecular weight is 496 g/mol. The van der Waals surface area contributed by atoms with E-state index < -0.39 is 17.2 Å². The number of carbonyl (C=O) groups excluding carboxylic acids is 2. The SMILES string of the molecule is CN(C(=O)N1CCC(CC(=O)N(c2ccccc2)C2CCCCC2)(C(=O)O)CC1)c1cccc(F)c1. The van der Waals surface area contributed by atoms with Crippen molar-refractivity contribution >= 4 is 29.3 Å². The molecule has 1 saturated heterocycles. The van der Waals surface area contributed by atoms with E-state index in [1.165, 1.54) is 23.1 Å². The molecule has 36 heavy (non-hydrogen) atoms. The van der Waals surface area contributed by atoms with Crippen molar-refractivity contribution in [3.63, 3.8) is 0 Å². The van der Waals surface area contributed by atoms with E-state index in [1.54, 1.807) is 18.0 Å². The number of para-hydroxylation sites is 1. The molecule has 0 atom stereocenters. The van der Waals surface area contributed by atoms with Crippen LogP contribution < -0.4 is 9.80 Å². The maximum Gasteiger partial charge on any atom is 0.324 e. The van der Waals surface area contributed by atoms with Gasteiger partial charge in [0, 0.05) is 44.0 Å². The first-order valence-electron chi connectivity index (χ1n) is 12.7. The Balaban J connectivity index is 1.47. The molecule has 2 aromatic carbocycles. The van der Waals surface area contributed by atoms with E-state index in [9.17, 15) is 23.9 Å². The van der Waals surface area contributed by atoms with Gasteiger partial charge in [0.1, 0.15) is 5.82 Å². The lowest BCUT2D eigenvalue weighted by atomic mass is 9.75. The van der Waals surface area contributed by atoms with Crippen LogP contribution in [0.3, 0.4) is 0 Å². The second-order valence-electron chi connectivity index (χ2n) is 9.96. The molecule has 7 nitrogen and oxygen atoms in total. The summed E-state index contributed by atoms with van der Waals surface area (Å²) in [7, 11) is 1.57. The molecule has 0 unspecified atom stereocenters. The number of piperidine rings is 1. The molecule has 8 heteroatoms.